The van der Waals surface area contributed by atoms with Crippen LogP contribution in [0.15, 0.2) is 48.5 Å². The monoisotopic (exact) mass is 277 g/mol. The SMILES string of the molecule is CN1CCN(C(=O)c2ccc(C#N)cc2)c2ccccc21. The van der Waals surface area contributed by atoms with Crippen molar-refractivity contribution in [3.8, 4) is 6.07 Å². The van der Waals surface area contributed by atoms with Crippen molar-refractivity contribution in [2.45, 2.75) is 0 Å². The van der Waals surface area contributed by atoms with Crippen molar-refractivity contribution in [2.75, 3.05) is 29.9 Å². The molecule has 21 heavy (non-hydrogen) atoms. The van der Waals surface area contributed by atoms with Gasteiger partial charge in [0.2, 0.25) is 0 Å². The van der Waals surface area contributed by atoms with Crippen LogP contribution in [0.3, 0.4) is 0 Å². The number of hydrogen-bond acceptors (Lipinski definition) is 3. The fourth-order valence-electron chi connectivity index (χ4n) is 2.56. The van der Waals surface area contributed by atoms with Crippen molar-refractivity contribution in [3.63, 3.8) is 0 Å². The van der Waals surface area contributed by atoms with Crippen LogP contribution in [0.5, 0.6) is 0 Å². The molecule has 0 bridgehead atoms. The van der Waals surface area contributed by atoms with Gasteiger partial charge in [0, 0.05) is 25.7 Å². The van der Waals surface area contributed by atoms with Gasteiger partial charge in [-0.1, -0.05) is 12.1 Å². The lowest BCUT2D eigenvalue weighted by Gasteiger charge is -2.35. The Hall–Kier alpha value is -2.80. The summed E-state index contributed by atoms with van der Waals surface area (Å²) in [6.45, 7) is 1.46. The van der Waals surface area contributed by atoms with E-state index in [2.05, 4.69) is 11.0 Å². The van der Waals surface area contributed by atoms with E-state index in [1.54, 1.807) is 29.2 Å². The Kier molecular flexibility index (Phi) is 3.33. The second kappa shape index (κ2) is 5.29. The molecule has 0 fully saturated rings. The molecule has 0 saturated heterocycles. The molecule has 0 aromatic heterocycles. The molecule has 2 aromatic carbocycles. The Morgan fingerprint density at radius 3 is 2.38 bits per heavy atom. The minimum Gasteiger partial charge on any atom is -0.371 e. The minimum atomic E-state index is -0.0277. The molecule has 0 radical (unpaired) electrons. The zero-order valence-electron chi connectivity index (χ0n) is 11.8. The van der Waals surface area contributed by atoms with Gasteiger partial charge < -0.3 is 9.80 Å². The summed E-state index contributed by atoms with van der Waals surface area (Å²) in [5.41, 5.74) is 3.16. The van der Waals surface area contributed by atoms with E-state index in [1.807, 2.05) is 31.3 Å². The Bertz CT molecular complexity index is 716. The number of likely N-dealkylation sites (N-methyl/N-ethyl adjacent to an activating group) is 1. The molecule has 1 aliphatic rings. The topological polar surface area (TPSA) is 47.3 Å². The lowest BCUT2D eigenvalue weighted by Crippen LogP contribution is -2.42. The van der Waals surface area contributed by atoms with Gasteiger partial charge in [0.25, 0.3) is 5.91 Å². The number of carbonyl (C=O) groups excluding carboxylic acids is 1. The summed E-state index contributed by atoms with van der Waals surface area (Å²) in [5, 5.41) is 8.82. The number of nitrogens with zero attached hydrogens (tertiary/aromatic N) is 3. The first-order chi connectivity index (χ1) is 10.2. The molecule has 0 N–H and O–H groups in total. The van der Waals surface area contributed by atoms with Crippen LogP contribution in [-0.4, -0.2) is 26.0 Å². The van der Waals surface area contributed by atoms with E-state index in [0.29, 0.717) is 17.7 Å². The molecule has 1 heterocycles. The molecular weight excluding hydrogens is 262 g/mol. The van der Waals surface area contributed by atoms with Crippen molar-refractivity contribution in [1.82, 2.24) is 0 Å². The van der Waals surface area contributed by atoms with E-state index in [1.165, 1.54) is 0 Å². The number of amides is 1. The van der Waals surface area contributed by atoms with Gasteiger partial charge in [-0.05, 0) is 36.4 Å². The standard InChI is InChI=1S/C17H15N3O/c1-19-10-11-20(16-5-3-2-4-15(16)19)17(21)14-8-6-13(12-18)7-9-14/h2-9H,10-11H2,1H3. The van der Waals surface area contributed by atoms with Gasteiger partial charge >= 0.3 is 0 Å². The van der Waals surface area contributed by atoms with Crippen LogP contribution in [0, 0.1) is 11.3 Å². The largest absolute Gasteiger partial charge is 0.371 e. The summed E-state index contributed by atoms with van der Waals surface area (Å²) >= 11 is 0. The second-order valence-corrected chi connectivity index (χ2v) is 5.06. The molecule has 4 nitrogen and oxygen atoms in total. The lowest BCUT2D eigenvalue weighted by molar-refractivity contribution is 0.0987. The molecule has 104 valence electrons. The summed E-state index contributed by atoms with van der Waals surface area (Å²) in [6.07, 6.45) is 0. The fourth-order valence-corrected chi connectivity index (χ4v) is 2.56. The third-order valence-electron chi connectivity index (χ3n) is 3.75. The van der Waals surface area contributed by atoms with Crippen molar-refractivity contribution in [2.24, 2.45) is 0 Å². The number of nitriles is 1. The molecule has 3 rings (SSSR count). The van der Waals surface area contributed by atoms with Crippen LogP contribution in [0.2, 0.25) is 0 Å². The average Bonchev–Trinajstić information content (AvgIpc) is 2.55. The fraction of sp³-hybridized carbons (Fsp3) is 0.176. The van der Waals surface area contributed by atoms with Gasteiger partial charge in [0.1, 0.15) is 0 Å². The van der Waals surface area contributed by atoms with Crippen molar-refractivity contribution in [1.29, 1.82) is 5.26 Å². The molecule has 1 amide bonds. The van der Waals surface area contributed by atoms with Gasteiger partial charge in [0.05, 0.1) is 23.0 Å². The Labute approximate surface area is 123 Å². The van der Waals surface area contributed by atoms with E-state index in [4.69, 9.17) is 5.26 Å². The molecule has 0 atom stereocenters. The Balaban J connectivity index is 1.95. The molecule has 0 spiro atoms. The van der Waals surface area contributed by atoms with Crippen LogP contribution < -0.4 is 9.80 Å². The van der Waals surface area contributed by atoms with Gasteiger partial charge in [0.15, 0.2) is 0 Å². The first-order valence-corrected chi connectivity index (χ1v) is 6.83. The maximum Gasteiger partial charge on any atom is 0.258 e. The highest BCUT2D eigenvalue weighted by molar-refractivity contribution is 6.08. The predicted octanol–water partition coefficient (Wildman–Crippen LogP) is 2.65. The number of hydrogen-bond donors (Lipinski definition) is 0. The third-order valence-corrected chi connectivity index (χ3v) is 3.75. The van der Waals surface area contributed by atoms with E-state index < -0.39 is 0 Å². The zero-order valence-corrected chi connectivity index (χ0v) is 11.8. The lowest BCUT2D eigenvalue weighted by atomic mass is 10.1. The van der Waals surface area contributed by atoms with Gasteiger partial charge in [-0.3, -0.25) is 4.79 Å². The second-order valence-electron chi connectivity index (χ2n) is 5.06. The smallest absolute Gasteiger partial charge is 0.258 e. The number of fused-ring (bicyclic) bond motifs is 1. The van der Waals surface area contributed by atoms with Gasteiger partial charge in [-0.15, -0.1) is 0 Å². The number of para-hydroxylation sites is 2. The molecule has 2 aromatic rings. The normalized spacial score (nSPS) is 13.5. The highest BCUT2D eigenvalue weighted by atomic mass is 16.2. The van der Waals surface area contributed by atoms with Crippen LogP contribution in [0.1, 0.15) is 15.9 Å². The summed E-state index contributed by atoms with van der Waals surface area (Å²) in [7, 11) is 2.03. The molecule has 0 aliphatic carbocycles. The van der Waals surface area contributed by atoms with Crippen LogP contribution >= 0.6 is 0 Å². The van der Waals surface area contributed by atoms with Crippen molar-refractivity contribution >= 4 is 17.3 Å². The predicted molar refractivity (Wildman–Crippen MR) is 82.5 cm³/mol. The first-order valence-electron chi connectivity index (χ1n) is 6.83. The van der Waals surface area contributed by atoms with E-state index in [-0.39, 0.29) is 5.91 Å². The number of rotatable bonds is 1. The van der Waals surface area contributed by atoms with Crippen LogP contribution in [-0.2, 0) is 0 Å². The summed E-state index contributed by atoms with van der Waals surface area (Å²) in [6, 6.07) is 16.7. The first kappa shape index (κ1) is 13.2. The third kappa shape index (κ3) is 2.34. The number of carbonyl (C=O) groups is 1. The maximum atomic E-state index is 12.7. The van der Waals surface area contributed by atoms with Crippen molar-refractivity contribution < 1.29 is 4.79 Å². The average molecular weight is 277 g/mol. The zero-order chi connectivity index (χ0) is 14.8. The van der Waals surface area contributed by atoms with Crippen LogP contribution in [0.25, 0.3) is 0 Å². The highest BCUT2D eigenvalue weighted by Crippen LogP contribution is 2.32. The molecule has 0 unspecified atom stereocenters. The highest BCUT2D eigenvalue weighted by Gasteiger charge is 2.25. The summed E-state index contributed by atoms with van der Waals surface area (Å²) in [5.74, 6) is -0.0277. The summed E-state index contributed by atoms with van der Waals surface area (Å²) < 4.78 is 0. The quantitative estimate of drug-likeness (QED) is 0.805. The number of benzene rings is 2. The number of anilines is 2. The minimum absolute atomic E-state index is 0.0277. The Morgan fingerprint density at radius 1 is 1.05 bits per heavy atom. The van der Waals surface area contributed by atoms with E-state index >= 15 is 0 Å². The van der Waals surface area contributed by atoms with Gasteiger partial charge in [-0.25, -0.2) is 0 Å². The van der Waals surface area contributed by atoms with Crippen molar-refractivity contribution in [3.05, 3.63) is 59.7 Å². The Morgan fingerprint density at radius 2 is 1.71 bits per heavy atom. The van der Waals surface area contributed by atoms with E-state index in [9.17, 15) is 4.79 Å². The van der Waals surface area contributed by atoms with Crippen LogP contribution in [0.4, 0.5) is 11.4 Å². The molecule has 1 aliphatic heterocycles. The van der Waals surface area contributed by atoms with Gasteiger partial charge in [-0.2, -0.15) is 5.26 Å². The molecule has 0 saturated carbocycles. The molecule has 4 heteroatoms. The maximum absolute atomic E-state index is 12.7. The summed E-state index contributed by atoms with van der Waals surface area (Å²) in [4.78, 5) is 16.6. The van der Waals surface area contributed by atoms with E-state index in [0.717, 1.165) is 17.9 Å². The molecular formula is C17H15N3O.